The lowest BCUT2D eigenvalue weighted by atomic mass is 9.90. The molecule has 2 aliphatic rings. The highest BCUT2D eigenvalue weighted by Crippen LogP contribution is 2.48. The molecule has 0 aromatic heterocycles. The van der Waals surface area contributed by atoms with Crippen LogP contribution in [0.3, 0.4) is 0 Å². The van der Waals surface area contributed by atoms with Crippen molar-refractivity contribution in [2.24, 2.45) is 11.8 Å². The predicted molar refractivity (Wildman–Crippen MR) is 93.7 cm³/mol. The molecular weight excluding hydrogens is 317 g/mol. The SMILES string of the molecule is O=C(CN1C[C@@H]2CC(O)(c3ccccc3)C[C@@H]2C1)c1cccc(F)c1. The van der Waals surface area contributed by atoms with Crippen LogP contribution in [0.4, 0.5) is 4.39 Å². The Labute approximate surface area is 147 Å². The lowest BCUT2D eigenvalue weighted by Crippen LogP contribution is -2.31. The number of hydrogen-bond donors (Lipinski definition) is 1. The first-order valence-electron chi connectivity index (χ1n) is 8.82. The van der Waals surface area contributed by atoms with Gasteiger partial charge in [-0.15, -0.1) is 0 Å². The number of likely N-dealkylation sites (tertiary alicyclic amines) is 1. The summed E-state index contributed by atoms with van der Waals surface area (Å²) in [4.78, 5) is 14.5. The Hall–Kier alpha value is -2.04. The molecule has 4 heteroatoms. The van der Waals surface area contributed by atoms with Gasteiger partial charge >= 0.3 is 0 Å². The number of carbonyl (C=O) groups is 1. The van der Waals surface area contributed by atoms with Gasteiger partial charge in [0, 0.05) is 18.7 Å². The Bertz CT molecular complexity index is 762. The zero-order valence-corrected chi connectivity index (χ0v) is 14.1. The maximum atomic E-state index is 13.3. The van der Waals surface area contributed by atoms with Crippen molar-refractivity contribution in [3.63, 3.8) is 0 Å². The Morgan fingerprint density at radius 2 is 1.76 bits per heavy atom. The Balaban J connectivity index is 1.39. The highest BCUT2D eigenvalue weighted by atomic mass is 19.1. The van der Waals surface area contributed by atoms with E-state index in [9.17, 15) is 14.3 Å². The van der Waals surface area contributed by atoms with E-state index in [1.165, 1.54) is 12.1 Å². The van der Waals surface area contributed by atoms with Crippen LogP contribution in [0.15, 0.2) is 54.6 Å². The number of hydrogen-bond acceptors (Lipinski definition) is 3. The molecule has 2 aromatic carbocycles. The van der Waals surface area contributed by atoms with Crippen LogP contribution in [-0.4, -0.2) is 35.4 Å². The summed E-state index contributed by atoms with van der Waals surface area (Å²) in [5.74, 6) is 0.394. The number of ketones is 1. The van der Waals surface area contributed by atoms with E-state index in [1.807, 2.05) is 30.3 Å². The standard InChI is InChI=1S/C21H22FNO2/c22-19-8-4-5-15(9-19)20(24)14-23-12-16-10-21(25,11-17(16)13-23)18-6-2-1-3-7-18/h1-9,16-17,25H,10-14H2/t16-,17+,21?. The van der Waals surface area contributed by atoms with Gasteiger partial charge in [-0.25, -0.2) is 4.39 Å². The second-order valence-corrected chi connectivity index (χ2v) is 7.45. The first kappa shape index (κ1) is 16.4. The summed E-state index contributed by atoms with van der Waals surface area (Å²) in [6, 6.07) is 15.8. The Morgan fingerprint density at radius 1 is 1.08 bits per heavy atom. The molecule has 1 saturated heterocycles. The fourth-order valence-electron chi connectivity index (χ4n) is 4.52. The molecule has 1 saturated carbocycles. The van der Waals surface area contributed by atoms with Gasteiger partial charge in [0.15, 0.2) is 5.78 Å². The molecule has 3 atom stereocenters. The third-order valence-electron chi connectivity index (χ3n) is 5.68. The summed E-state index contributed by atoms with van der Waals surface area (Å²) in [5.41, 5.74) is 0.680. The van der Waals surface area contributed by atoms with E-state index in [1.54, 1.807) is 12.1 Å². The van der Waals surface area contributed by atoms with E-state index < -0.39 is 5.60 Å². The second kappa shape index (κ2) is 6.36. The van der Waals surface area contributed by atoms with Gasteiger partial charge < -0.3 is 5.11 Å². The van der Waals surface area contributed by atoms with Crippen molar-refractivity contribution in [2.45, 2.75) is 18.4 Å². The molecule has 0 amide bonds. The molecule has 2 fully saturated rings. The Morgan fingerprint density at radius 3 is 2.40 bits per heavy atom. The van der Waals surface area contributed by atoms with Gasteiger partial charge in [-0.2, -0.15) is 0 Å². The van der Waals surface area contributed by atoms with Crippen LogP contribution in [-0.2, 0) is 5.60 Å². The number of aliphatic hydroxyl groups is 1. The molecule has 25 heavy (non-hydrogen) atoms. The molecule has 1 aliphatic carbocycles. The van der Waals surface area contributed by atoms with Crippen LogP contribution in [0.25, 0.3) is 0 Å². The second-order valence-electron chi connectivity index (χ2n) is 7.45. The first-order chi connectivity index (χ1) is 12.0. The maximum Gasteiger partial charge on any atom is 0.176 e. The lowest BCUT2D eigenvalue weighted by molar-refractivity contribution is 0.0315. The smallest absolute Gasteiger partial charge is 0.176 e. The van der Waals surface area contributed by atoms with E-state index in [0.717, 1.165) is 31.5 Å². The van der Waals surface area contributed by atoms with Crippen molar-refractivity contribution in [3.05, 3.63) is 71.5 Å². The summed E-state index contributed by atoms with van der Waals surface area (Å²) in [6.45, 7) is 1.96. The summed E-state index contributed by atoms with van der Waals surface area (Å²) in [5, 5.41) is 11.0. The fraction of sp³-hybridized carbons (Fsp3) is 0.381. The molecule has 0 bridgehead atoms. The van der Waals surface area contributed by atoms with E-state index in [-0.39, 0.29) is 11.6 Å². The lowest BCUT2D eigenvalue weighted by Gasteiger charge is -2.26. The molecular formula is C21H22FNO2. The van der Waals surface area contributed by atoms with Crippen LogP contribution >= 0.6 is 0 Å². The van der Waals surface area contributed by atoms with Crippen molar-refractivity contribution in [1.29, 1.82) is 0 Å². The van der Waals surface area contributed by atoms with Crippen LogP contribution in [0, 0.1) is 17.7 Å². The quantitative estimate of drug-likeness (QED) is 0.870. The first-order valence-corrected chi connectivity index (χ1v) is 8.82. The van der Waals surface area contributed by atoms with Crippen LogP contribution in [0.1, 0.15) is 28.8 Å². The predicted octanol–water partition coefficient (Wildman–Crippen LogP) is 3.24. The molecule has 1 aliphatic heterocycles. The summed E-state index contributed by atoms with van der Waals surface area (Å²) in [7, 11) is 0. The van der Waals surface area contributed by atoms with E-state index in [2.05, 4.69) is 4.90 Å². The van der Waals surface area contributed by atoms with Gasteiger partial charge in [0.05, 0.1) is 12.1 Å². The fourth-order valence-corrected chi connectivity index (χ4v) is 4.52. The van der Waals surface area contributed by atoms with Crippen molar-refractivity contribution in [2.75, 3.05) is 19.6 Å². The molecule has 2 aromatic rings. The van der Waals surface area contributed by atoms with Crippen molar-refractivity contribution >= 4 is 5.78 Å². The largest absolute Gasteiger partial charge is 0.385 e. The average molecular weight is 339 g/mol. The van der Waals surface area contributed by atoms with Gasteiger partial charge in [0.1, 0.15) is 5.82 Å². The topological polar surface area (TPSA) is 40.5 Å². The minimum atomic E-state index is -0.741. The average Bonchev–Trinajstić information content (AvgIpc) is 3.10. The summed E-state index contributed by atoms with van der Waals surface area (Å²) >= 11 is 0. The highest BCUT2D eigenvalue weighted by molar-refractivity contribution is 5.97. The maximum absolute atomic E-state index is 13.3. The number of fused-ring (bicyclic) bond motifs is 1. The van der Waals surface area contributed by atoms with E-state index in [4.69, 9.17) is 0 Å². The van der Waals surface area contributed by atoms with Crippen molar-refractivity contribution < 1.29 is 14.3 Å². The molecule has 4 rings (SSSR count). The van der Waals surface area contributed by atoms with Gasteiger partial charge in [0.2, 0.25) is 0 Å². The molecule has 3 nitrogen and oxygen atoms in total. The normalized spacial score (nSPS) is 28.9. The van der Waals surface area contributed by atoms with Gasteiger partial charge in [0.25, 0.3) is 0 Å². The van der Waals surface area contributed by atoms with Gasteiger partial charge in [-0.3, -0.25) is 9.69 Å². The number of carbonyl (C=O) groups excluding carboxylic acids is 1. The molecule has 0 radical (unpaired) electrons. The zero-order chi connectivity index (χ0) is 17.4. The number of halogens is 1. The van der Waals surface area contributed by atoms with Crippen molar-refractivity contribution in [1.82, 2.24) is 4.90 Å². The third kappa shape index (κ3) is 3.24. The number of Topliss-reactive ketones (excluding diaryl/α,β-unsaturated/α-hetero) is 1. The molecule has 0 spiro atoms. The number of rotatable bonds is 4. The Kier molecular flexibility index (Phi) is 4.18. The van der Waals surface area contributed by atoms with Crippen molar-refractivity contribution in [3.8, 4) is 0 Å². The van der Waals surface area contributed by atoms with E-state index >= 15 is 0 Å². The third-order valence-corrected chi connectivity index (χ3v) is 5.68. The number of benzene rings is 2. The monoisotopic (exact) mass is 339 g/mol. The molecule has 1 unspecified atom stereocenters. The molecule has 1 heterocycles. The van der Waals surface area contributed by atoms with Crippen LogP contribution in [0.5, 0.6) is 0 Å². The minimum absolute atomic E-state index is 0.0437. The highest BCUT2D eigenvalue weighted by Gasteiger charge is 2.49. The summed E-state index contributed by atoms with van der Waals surface area (Å²) < 4.78 is 13.3. The number of nitrogens with zero attached hydrogens (tertiary/aromatic N) is 1. The molecule has 130 valence electrons. The zero-order valence-electron chi connectivity index (χ0n) is 14.1. The minimum Gasteiger partial charge on any atom is -0.385 e. The summed E-state index contributed by atoms with van der Waals surface area (Å²) in [6.07, 6.45) is 1.48. The van der Waals surface area contributed by atoms with E-state index in [0.29, 0.717) is 23.9 Å². The molecule has 1 N–H and O–H groups in total. The van der Waals surface area contributed by atoms with Crippen LogP contribution in [0.2, 0.25) is 0 Å². The van der Waals surface area contributed by atoms with Gasteiger partial charge in [-0.1, -0.05) is 42.5 Å². The van der Waals surface area contributed by atoms with Crippen LogP contribution < -0.4 is 0 Å². The van der Waals surface area contributed by atoms with Gasteiger partial charge in [-0.05, 0) is 42.4 Å².